The fourth-order valence-electron chi connectivity index (χ4n) is 7.85. The van der Waals surface area contributed by atoms with Gasteiger partial charge in [-0.2, -0.15) is 0 Å². The number of benzene rings is 6. The lowest BCUT2D eigenvalue weighted by atomic mass is 9.95. The number of fused-ring (bicyclic) bond motifs is 8. The average molecular weight is 712 g/mol. The lowest BCUT2D eigenvalue weighted by molar-refractivity contribution is 0.598. The Hall–Kier alpha value is -6.27. The molecule has 1 aliphatic heterocycles. The molecule has 2 aliphatic rings. The molecule has 0 atom stereocenters. The molecule has 52 heavy (non-hydrogen) atoms. The van der Waals surface area contributed by atoms with Crippen LogP contribution in [0.25, 0.3) is 76.9 Å². The Balaban J connectivity index is 1.23. The molecule has 10 rings (SSSR count). The molecular formula is C44H25NO5S2. The van der Waals surface area contributed by atoms with E-state index >= 15 is 0 Å². The minimum Gasteiger partial charge on any atom is -0.275 e. The number of hydrogen-bond acceptors (Lipinski definition) is 5. The summed E-state index contributed by atoms with van der Waals surface area (Å²) < 4.78 is 54.2. The van der Waals surface area contributed by atoms with Gasteiger partial charge < -0.3 is 0 Å². The zero-order valence-electron chi connectivity index (χ0n) is 27.3. The molecule has 3 heterocycles. The van der Waals surface area contributed by atoms with Crippen molar-refractivity contribution in [2.45, 2.75) is 21.1 Å². The van der Waals surface area contributed by atoms with E-state index in [2.05, 4.69) is 11.8 Å². The van der Waals surface area contributed by atoms with Gasteiger partial charge in [-0.1, -0.05) is 90.7 Å². The van der Waals surface area contributed by atoms with Gasteiger partial charge in [0.25, 0.3) is 5.56 Å². The van der Waals surface area contributed by atoms with Crippen LogP contribution in [0.3, 0.4) is 0 Å². The third-order valence-electron chi connectivity index (χ3n) is 10.2. The van der Waals surface area contributed by atoms with E-state index in [0.29, 0.717) is 44.5 Å². The Morgan fingerprint density at radius 3 is 2.10 bits per heavy atom. The minimum absolute atomic E-state index is 0.133. The maximum atomic E-state index is 14.1. The zero-order chi connectivity index (χ0) is 35.3. The van der Waals surface area contributed by atoms with E-state index in [4.69, 9.17) is 0 Å². The van der Waals surface area contributed by atoms with Crippen molar-refractivity contribution >= 4 is 64.1 Å². The van der Waals surface area contributed by atoms with Gasteiger partial charge in [-0.15, -0.1) is 0 Å². The lowest BCUT2D eigenvalue weighted by Crippen LogP contribution is -2.12. The normalized spacial score (nSPS) is 14.4. The molecule has 0 fully saturated rings. The first-order valence-corrected chi connectivity index (χ1v) is 19.4. The number of rotatable bonds is 4. The Morgan fingerprint density at radius 2 is 1.27 bits per heavy atom. The Kier molecular flexibility index (Phi) is 6.53. The highest BCUT2D eigenvalue weighted by Crippen LogP contribution is 2.46. The van der Waals surface area contributed by atoms with Gasteiger partial charge in [0.2, 0.25) is 9.84 Å². The summed E-state index contributed by atoms with van der Waals surface area (Å²) in [7, 11) is -6.62. The van der Waals surface area contributed by atoms with E-state index in [1.54, 1.807) is 34.7 Å². The lowest BCUT2D eigenvalue weighted by Gasteiger charge is -2.10. The predicted molar refractivity (Wildman–Crippen MR) is 207 cm³/mol. The fourth-order valence-corrected chi connectivity index (χ4v) is 10.2. The summed E-state index contributed by atoms with van der Waals surface area (Å²) in [6, 6.07) is 35.4. The summed E-state index contributed by atoms with van der Waals surface area (Å²) in [6.45, 7) is 0. The van der Waals surface area contributed by atoms with Gasteiger partial charge in [-0.05, 0) is 82.2 Å². The highest BCUT2D eigenvalue weighted by molar-refractivity contribution is 7.92. The van der Waals surface area contributed by atoms with Crippen LogP contribution in [0.15, 0.2) is 153 Å². The average Bonchev–Trinajstić information content (AvgIpc) is 3.43. The van der Waals surface area contributed by atoms with Gasteiger partial charge in [0, 0.05) is 50.2 Å². The molecule has 2 aromatic heterocycles. The van der Waals surface area contributed by atoms with Crippen molar-refractivity contribution in [2.75, 3.05) is 0 Å². The highest BCUT2D eigenvalue weighted by Gasteiger charge is 2.33. The Morgan fingerprint density at radius 1 is 0.615 bits per heavy atom. The molecule has 8 heteroatoms. The number of hydrogen-bond donors (Lipinski definition) is 1. The second-order valence-electron chi connectivity index (χ2n) is 13.1. The number of thiol groups is 1. The zero-order valence-corrected chi connectivity index (χ0v) is 29.0. The molecule has 0 saturated heterocycles. The van der Waals surface area contributed by atoms with Crippen LogP contribution in [0.5, 0.6) is 0 Å². The summed E-state index contributed by atoms with van der Waals surface area (Å²) >= 11 is 0. The molecule has 6 nitrogen and oxygen atoms in total. The number of sulfone groups is 1. The monoisotopic (exact) mass is 711 g/mol. The van der Waals surface area contributed by atoms with E-state index in [1.165, 1.54) is 0 Å². The van der Waals surface area contributed by atoms with Gasteiger partial charge in [0.05, 0.1) is 25.7 Å². The van der Waals surface area contributed by atoms with Crippen molar-refractivity contribution in [2.24, 2.45) is 0 Å². The topological polar surface area (TPSA) is 89.8 Å². The SMILES string of the molecule is O=c1c2ccccc2c2cc(-c3ccc4c(c3)S(=O)(=O)c3ccccc3-4)cc3c4cc(-c5ccc(C6=CC=CCC#C6)c([SH](=O)=O)c5)ccc4n1c23. The van der Waals surface area contributed by atoms with E-state index in [0.717, 1.165) is 49.3 Å². The van der Waals surface area contributed by atoms with E-state index in [-0.39, 0.29) is 15.4 Å². The first-order chi connectivity index (χ1) is 25.3. The largest absolute Gasteiger partial charge is 0.275 e. The van der Waals surface area contributed by atoms with Crippen LogP contribution >= 0.6 is 0 Å². The molecule has 0 bridgehead atoms. The highest BCUT2D eigenvalue weighted by atomic mass is 32.2. The van der Waals surface area contributed by atoms with E-state index in [9.17, 15) is 21.6 Å². The van der Waals surface area contributed by atoms with Gasteiger partial charge in [0.15, 0.2) is 10.7 Å². The van der Waals surface area contributed by atoms with Crippen molar-refractivity contribution in [3.8, 4) is 45.2 Å². The molecular weight excluding hydrogens is 687 g/mol. The molecule has 0 unspecified atom stereocenters. The smallest absolute Gasteiger partial charge is 0.263 e. The standard InChI is InChI=1S/C44H25NO5S2/c46-44-35-13-6-5-11-32(35)37-22-30(29-16-19-34-33-12-7-8-14-41(33)52(49,50)42(34)25-29)23-38-36-21-27(17-20-39(36)45(44)43(37)38)28-15-18-31(40(24-28)51(47)48)26-9-3-1-2-4-10-26/h1,3,5-9,11-25,51H,2H2. The number of allylic oxidation sites excluding steroid dienone is 4. The molecule has 0 spiro atoms. The maximum Gasteiger partial charge on any atom is 0.263 e. The quantitative estimate of drug-likeness (QED) is 0.112. The fraction of sp³-hybridized carbons (Fsp3) is 0.0227. The van der Waals surface area contributed by atoms with Gasteiger partial charge >= 0.3 is 0 Å². The summed E-state index contributed by atoms with van der Waals surface area (Å²) in [5.74, 6) is 6.13. The first-order valence-electron chi connectivity index (χ1n) is 16.7. The summed E-state index contributed by atoms with van der Waals surface area (Å²) in [6.07, 6.45) is 6.23. The van der Waals surface area contributed by atoms with Crippen LogP contribution in [0.2, 0.25) is 0 Å². The van der Waals surface area contributed by atoms with Crippen molar-refractivity contribution in [1.29, 1.82) is 0 Å². The van der Waals surface area contributed by atoms with Crippen LogP contribution in [0, 0.1) is 11.8 Å². The van der Waals surface area contributed by atoms with Gasteiger partial charge in [-0.25, -0.2) is 16.8 Å². The molecule has 1 aliphatic carbocycles. The molecule has 0 amide bonds. The molecule has 0 saturated carbocycles. The number of pyridine rings is 1. The van der Waals surface area contributed by atoms with Gasteiger partial charge in [0.1, 0.15) is 0 Å². The third-order valence-corrected chi connectivity index (χ3v) is 12.9. The summed E-state index contributed by atoms with van der Waals surface area (Å²) in [5.41, 5.74) is 7.00. The molecule has 248 valence electrons. The summed E-state index contributed by atoms with van der Waals surface area (Å²) in [4.78, 5) is 14.9. The van der Waals surface area contributed by atoms with Crippen molar-refractivity contribution in [3.63, 3.8) is 0 Å². The van der Waals surface area contributed by atoms with Crippen LogP contribution in [0.4, 0.5) is 0 Å². The van der Waals surface area contributed by atoms with Crippen molar-refractivity contribution < 1.29 is 16.8 Å². The third kappa shape index (κ3) is 4.33. The van der Waals surface area contributed by atoms with Crippen molar-refractivity contribution in [3.05, 3.63) is 149 Å². The van der Waals surface area contributed by atoms with Crippen LogP contribution in [0.1, 0.15) is 12.0 Å². The molecule has 0 N–H and O–H groups in total. The van der Waals surface area contributed by atoms with E-state index in [1.807, 2.05) is 103 Å². The Bertz CT molecular complexity index is 3290. The number of aromatic nitrogens is 1. The Labute approximate surface area is 299 Å². The second-order valence-corrected chi connectivity index (χ2v) is 15.9. The van der Waals surface area contributed by atoms with Crippen LogP contribution < -0.4 is 5.56 Å². The minimum atomic E-state index is -3.69. The predicted octanol–water partition coefficient (Wildman–Crippen LogP) is 8.66. The molecule has 8 aromatic rings. The van der Waals surface area contributed by atoms with Crippen LogP contribution in [-0.2, 0) is 20.5 Å². The molecule has 0 radical (unpaired) electrons. The van der Waals surface area contributed by atoms with Crippen molar-refractivity contribution in [1.82, 2.24) is 4.40 Å². The second kappa shape index (κ2) is 11.1. The van der Waals surface area contributed by atoms with E-state index < -0.39 is 20.5 Å². The van der Waals surface area contributed by atoms with Gasteiger partial charge in [-0.3, -0.25) is 9.20 Å². The maximum absolute atomic E-state index is 14.1. The first kappa shape index (κ1) is 30.5. The van der Waals surface area contributed by atoms with Crippen LogP contribution in [-0.4, -0.2) is 21.2 Å². The summed E-state index contributed by atoms with van der Waals surface area (Å²) in [5, 5.41) is 3.90. The number of nitrogens with zero attached hydrogens (tertiary/aromatic N) is 1. The molecule has 6 aromatic carbocycles.